The number of phenols is 1. The van der Waals surface area contributed by atoms with Crippen LogP contribution in [0.5, 0.6) is 11.5 Å². The summed E-state index contributed by atoms with van der Waals surface area (Å²) in [4.78, 5) is 8.16. The number of hydrogen-bond donors (Lipinski definition) is 3. The van der Waals surface area contributed by atoms with E-state index < -0.39 is 0 Å². The van der Waals surface area contributed by atoms with Crippen molar-refractivity contribution in [1.82, 2.24) is 15.3 Å². The normalized spacial score (nSPS) is 9.39. The van der Waals surface area contributed by atoms with Crippen LogP contribution in [0.15, 0.2) is 42.7 Å². The Balaban J connectivity index is 0.00000242. The molecule has 128 valence electrons. The first-order valence-corrected chi connectivity index (χ1v) is 6.98. The first-order chi connectivity index (χ1) is 10.4. The maximum Gasteiger partial charge on any atom is 0.222 e. The third kappa shape index (κ3) is 8.44. The van der Waals surface area contributed by atoms with Gasteiger partial charge in [-0.25, -0.2) is 9.97 Å². The zero-order chi connectivity index (χ0) is 14.8. The summed E-state index contributed by atoms with van der Waals surface area (Å²) in [5.41, 5.74) is 0. The maximum absolute atomic E-state index is 9.53. The molecule has 0 unspecified atom stereocenters. The fraction of sp³-hybridized carbons (Fsp3) is 0.333. The molecule has 0 fully saturated rings. The van der Waals surface area contributed by atoms with Crippen molar-refractivity contribution >= 4 is 30.8 Å². The van der Waals surface area contributed by atoms with Crippen molar-refractivity contribution in [3.8, 4) is 11.5 Å². The number of halogens is 2. The number of nitrogens with zero attached hydrogens (tertiary/aromatic N) is 2. The summed E-state index contributed by atoms with van der Waals surface area (Å²) in [7, 11) is 0. The van der Waals surface area contributed by atoms with E-state index in [0.717, 1.165) is 26.1 Å². The summed E-state index contributed by atoms with van der Waals surface area (Å²) in [5.74, 6) is 1.34. The second-order valence-electron chi connectivity index (χ2n) is 4.42. The Hall–Kier alpha value is -1.76. The van der Waals surface area contributed by atoms with Crippen LogP contribution in [-0.2, 0) is 0 Å². The van der Waals surface area contributed by atoms with Crippen molar-refractivity contribution in [3.05, 3.63) is 42.7 Å². The molecule has 0 amide bonds. The molecule has 1 heterocycles. The Bertz CT molecular complexity index is 532. The predicted molar refractivity (Wildman–Crippen MR) is 96.1 cm³/mol. The minimum Gasteiger partial charge on any atom is -0.504 e. The van der Waals surface area contributed by atoms with Gasteiger partial charge in [0.15, 0.2) is 11.5 Å². The molecule has 0 aliphatic heterocycles. The molecule has 23 heavy (non-hydrogen) atoms. The average molecular weight is 361 g/mol. The highest BCUT2D eigenvalue weighted by molar-refractivity contribution is 5.85. The summed E-state index contributed by atoms with van der Waals surface area (Å²) < 4.78 is 5.46. The number of nitrogens with one attached hydrogen (secondary N) is 2. The number of ether oxygens (including phenoxy) is 1. The van der Waals surface area contributed by atoms with Gasteiger partial charge in [-0.15, -0.1) is 24.8 Å². The standard InChI is InChI=1S/C15H20N4O2.2ClH/c20-13-5-1-2-6-14(13)21-12-11-16-7-3-8-17-15-18-9-4-10-19-15;;/h1-2,4-6,9-10,16,20H,3,7-8,11-12H2,(H,17,18,19);2*1H. The second-order valence-corrected chi connectivity index (χ2v) is 4.42. The molecule has 8 heteroatoms. The third-order valence-corrected chi connectivity index (χ3v) is 2.78. The molecule has 3 N–H and O–H groups in total. The summed E-state index contributed by atoms with van der Waals surface area (Å²) in [6.07, 6.45) is 4.39. The Labute approximate surface area is 148 Å². The zero-order valence-corrected chi connectivity index (χ0v) is 14.3. The molecular weight excluding hydrogens is 339 g/mol. The van der Waals surface area contributed by atoms with Gasteiger partial charge >= 0.3 is 0 Å². The van der Waals surface area contributed by atoms with E-state index in [2.05, 4.69) is 20.6 Å². The van der Waals surface area contributed by atoms with Gasteiger partial charge in [-0.3, -0.25) is 0 Å². The minimum absolute atomic E-state index is 0. The van der Waals surface area contributed by atoms with Gasteiger partial charge in [0.25, 0.3) is 0 Å². The lowest BCUT2D eigenvalue weighted by Gasteiger charge is -2.09. The second kappa shape index (κ2) is 12.8. The molecule has 2 aromatic rings. The van der Waals surface area contributed by atoms with Crippen LogP contribution in [0.2, 0.25) is 0 Å². The smallest absolute Gasteiger partial charge is 0.222 e. The molecule has 0 saturated carbocycles. The van der Waals surface area contributed by atoms with E-state index in [1.807, 2.05) is 6.07 Å². The molecule has 1 aromatic carbocycles. The summed E-state index contributed by atoms with van der Waals surface area (Å²) in [5, 5.41) is 15.9. The molecule has 0 bridgehead atoms. The Morgan fingerprint density at radius 3 is 2.43 bits per heavy atom. The minimum atomic E-state index is 0. The number of anilines is 1. The molecule has 0 aliphatic rings. The molecule has 0 aliphatic carbocycles. The van der Waals surface area contributed by atoms with Gasteiger partial charge in [0, 0.05) is 25.5 Å². The van der Waals surface area contributed by atoms with E-state index in [1.165, 1.54) is 0 Å². The van der Waals surface area contributed by atoms with Crippen LogP contribution in [0.1, 0.15) is 6.42 Å². The SMILES string of the molecule is Cl.Cl.Oc1ccccc1OCCNCCCNc1ncccn1. The van der Waals surface area contributed by atoms with E-state index in [0.29, 0.717) is 18.3 Å². The molecule has 0 radical (unpaired) electrons. The van der Waals surface area contributed by atoms with Gasteiger partial charge in [-0.1, -0.05) is 12.1 Å². The number of benzene rings is 1. The van der Waals surface area contributed by atoms with Crippen LogP contribution in [0.25, 0.3) is 0 Å². The van der Waals surface area contributed by atoms with Gasteiger partial charge in [-0.05, 0) is 31.2 Å². The third-order valence-electron chi connectivity index (χ3n) is 2.78. The van der Waals surface area contributed by atoms with Crippen molar-refractivity contribution in [2.24, 2.45) is 0 Å². The highest BCUT2D eigenvalue weighted by Gasteiger charge is 1.99. The van der Waals surface area contributed by atoms with Crippen molar-refractivity contribution in [2.75, 3.05) is 31.6 Å². The van der Waals surface area contributed by atoms with Crippen molar-refractivity contribution in [3.63, 3.8) is 0 Å². The lowest BCUT2D eigenvalue weighted by atomic mass is 10.3. The van der Waals surface area contributed by atoms with Crippen LogP contribution in [-0.4, -0.2) is 41.3 Å². The monoisotopic (exact) mass is 360 g/mol. The Kier molecular flexibility index (Phi) is 11.8. The highest BCUT2D eigenvalue weighted by Crippen LogP contribution is 2.23. The summed E-state index contributed by atoms with van der Waals surface area (Å²) in [6.45, 7) is 2.95. The predicted octanol–water partition coefficient (Wildman–Crippen LogP) is 2.50. The molecule has 0 atom stereocenters. The molecule has 2 rings (SSSR count). The van der Waals surface area contributed by atoms with Crippen LogP contribution < -0.4 is 15.4 Å². The van der Waals surface area contributed by atoms with Crippen LogP contribution in [0.3, 0.4) is 0 Å². The van der Waals surface area contributed by atoms with Crippen molar-refractivity contribution < 1.29 is 9.84 Å². The van der Waals surface area contributed by atoms with E-state index in [4.69, 9.17) is 4.74 Å². The molecule has 0 saturated heterocycles. The fourth-order valence-electron chi connectivity index (χ4n) is 1.74. The van der Waals surface area contributed by atoms with E-state index >= 15 is 0 Å². The van der Waals surface area contributed by atoms with Crippen molar-refractivity contribution in [2.45, 2.75) is 6.42 Å². The fourth-order valence-corrected chi connectivity index (χ4v) is 1.74. The molecule has 6 nitrogen and oxygen atoms in total. The van der Waals surface area contributed by atoms with Gasteiger partial charge in [0.2, 0.25) is 5.95 Å². The lowest BCUT2D eigenvalue weighted by molar-refractivity contribution is 0.297. The summed E-state index contributed by atoms with van der Waals surface area (Å²) in [6, 6.07) is 8.75. The average Bonchev–Trinajstić information content (AvgIpc) is 2.52. The van der Waals surface area contributed by atoms with Gasteiger partial charge in [0.1, 0.15) is 6.61 Å². The van der Waals surface area contributed by atoms with E-state index in [-0.39, 0.29) is 30.6 Å². The van der Waals surface area contributed by atoms with Crippen LogP contribution in [0.4, 0.5) is 5.95 Å². The number of phenolic OH excluding ortho intramolecular Hbond substituents is 1. The van der Waals surface area contributed by atoms with Crippen LogP contribution in [0, 0.1) is 0 Å². The first kappa shape index (κ1) is 21.2. The number of aromatic nitrogens is 2. The first-order valence-electron chi connectivity index (χ1n) is 6.98. The van der Waals surface area contributed by atoms with Gasteiger partial charge < -0.3 is 20.5 Å². The van der Waals surface area contributed by atoms with E-state index in [9.17, 15) is 5.11 Å². The molecular formula is C15H22Cl2N4O2. The largest absolute Gasteiger partial charge is 0.504 e. The van der Waals surface area contributed by atoms with Crippen molar-refractivity contribution in [1.29, 1.82) is 0 Å². The van der Waals surface area contributed by atoms with Gasteiger partial charge in [-0.2, -0.15) is 0 Å². The lowest BCUT2D eigenvalue weighted by Crippen LogP contribution is -2.23. The topological polar surface area (TPSA) is 79.3 Å². The quantitative estimate of drug-likeness (QED) is 0.596. The number of rotatable bonds is 9. The molecule has 1 aromatic heterocycles. The maximum atomic E-state index is 9.53. The van der Waals surface area contributed by atoms with Crippen LogP contribution >= 0.6 is 24.8 Å². The highest BCUT2D eigenvalue weighted by atomic mass is 35.5. The Morgan fingerprint density at radius 1 is 0.957 bits per heavy atom. The number of hydrogen-bond acceptors (Lipinski definition) is 6. The Morgan fingerprint density at radius 2 is 1.70 bits per heavy atom. The molecule has 0 spiro atoms. The number of aromatic hydroxyl groups is 1. The number of para-hydroxylation sites is 2. The van der Waals surface area contributed by atoms with E-state index in [1.54, 1.807) is 36.7 Å². The zero-order valence-electron chi connectivity index (χ0n) is 12.6. The van der Waals surface area contributed by atoms with Gasteiger partial charge in [0.05, 0.1) is 0 Å². The summed E-state index contributed by atoms with van der Waals surface area (Å²) >= 11 is 0.